The highest BCUT2D eigenvalue weighted by Gasteiger charge is 2.27. The van der Waals surface area contributed by atoms with Gasteiger partial charge in [-0.2, -0.15) is 0 Å². The molecule has 1 fully saturated rings. The van der Waals surface area contributed by atoms with Gasteiger partial charge in [-0.3, -0.25) is 4.79 Å². The number of piperidine rings is 1. The Morgan fingerprint density at radius 1 is 1.07 bits per heavy atom. The van der Waals surface area contributed by atoms with Gasteiger partial charge >= 0.3 is 0 Å². The van der Waals surface area contributed by atoms with Crippen molar-refractivity contribution in [3.63, 3.8) is 0 Å². The summed E-state index contributed by atoms with van der Waals surface area (Å²) in [6, 6.07) is 15.6. The Morgan fingerprint density at radius 3 is 2.50 bits per heavy atom. The molecule has 0 radical (unpaired) electrons. The number of para-hydroxylation sites is 1. The van der Waals surface area contributed by atoms with Gasteiger partial charge in [0.2, 0.25) is 15.9 Å². The molecule has 0 aliphatic carbocycles. The van der Waals surface area contributed by atoms with Crippen LogP contribution in [-0.2, 0) is 21.2 Å². The fraction of sp³-hybridized carbons (Fsp3) is 0.300. The number of likely N-dealkylation sites (tertiary alicyclic amines) is 1. The van der Waals surface area contributed by atoms with Crippen molar-refractivity contribution in [1.82, 2.24) is 14.8 Å². The van der Waals surface area contributed by atoms with Crippen LogP contribution in [-0.4, -0.2) is 43.5 Å². The average molecular weight is 399 g/mol. The number of nitrogens with zero attached hydrogens (tertiary/aromatic N) is 2. The number of aromatic nitrogens is 1. The van der Waals surface area contributed by atoms with Gasteiger partial charge in [-0.05, 0) is 37.1 Å². The molecule has 7 nitrogen and oxygen atoms in total. The number of nitrogens with one attached hydrogen (secondary N) is 1. The summed E-state index contributed by atoms with van der Waals surface area (Å²) in [5, 5.41) is 4.86. The number of hydrogen-bond acceptors (Lipinski definition) is 5. The average Bonchev–Trinajstić information content (AvgIpc) is 3.12. The molecule has 0 bridgehead atoms. The van der Waals surface area contributed by atoms with E-state index in [4.69, 9.17) is 4.52 Å². The van der Waals surface area contributed by atoms with E-state index in [1.165, 1.54) is 0 Å². The van der Waals surface area contributed by atoms with Crippen molar-refractivity contribution >= 4 is 26.9 Å². The van der Waals surface area contributed by atoms with Crippen molar-refractivity contribution < 1.29 is 17.7 Å². The van der Waals surface area contributed by atoms with Gasteiger partial charge in [0, 0.05) is 24.5 Å². The molecule has 0 atom stereocenters. The second-order valence-corrected chi connectivity index (χ2v) is 8.61. The van der Waals surface area contributed by atoms with E-state index >= 15 is 0 Å². The lowest BCUT2D eigenvalue weighted by atomic mass is 10.1. The number of rotatable bonds is 5. The molecule has 146 valence electrons. The third-order valence-corrected chi connectivity index (χ3v) is 6.53. The molecule has 1 N–H and O–H groups in total. The molecule has 2 heterocycles. The van der Waals surface area contributed by atoms with Crippen molar-refractivity contribution in [1.29, 1.82) is 0 Å². The monoisotopic (exact) mass is 399 g/mol. The lowest BCUT2D eigenvalue weighted by Crippen LogP contribution is -2.46. The van der Waals surface area contributed by atoms with E-state index in [9.17, 15) is 13.2 Å². The highest BCUT2D eigenvalue weighted by molar-refractivity contribution is 7.89. The molecule has 8 heteroatoms. The van der Waals surface area contributed by atoms with Crippen LogP contribution in [0.25, 0.3) is 11.0 Å². The zero-order valence-corrected chi connectivity index (χ0v) is 16.1. The highest BCUT2D eigenvalue weighted by Crippen LogP contribution is 2.20. The van der Waals surface area contributed by atoms with E-state index < -0.39 is 10.0 Å². The van der Waals surface area contributed by atoms with E-state index in [0.29, 0.717) is 37.2 Å². The maximum atomic E-state index is 12.6. The number of carbonyl (C=O) groups is 1. The maximum absolute atomic E-state index is 12.6. The van der Waals surface area contributed by atoms with Crippen LogP contribution >= 0.6 is 0 Å². The van der Waals surface area contributed by atoms with Crippen molar-refractivity contribution in [2.75, 3.05) is 13.1 Å². The van der Waals surface area contributed by atoms with Crippen LogP contribution in [0.1, 0.15) is 18.5 Å². The molecule has 3 aromatic rings. The lowest BCUT2D eigenvalue weighted by Gasteiger charge is -2.32. The predicted molar refractivity (Wildman–Crippen MR) is 104 cm³/mol. The number of hydrogen-bond donors (Lipinski definition) is 1. The fourth-order valence-electron chi connectivity index (χ4n) is 3.45. The minimum Gasteiger partial charge on any atom is -0.356 e. The molecular formula is C20H21N3O4S. The molecule has 4 rings (SSSR count). The van der Waals surface area contributed by atoms with Crippen molar-refractivity contribution in [3.05, 3.63) is 60.3 Å². The van der Waals surface area contributed by atoms with E-state index in [1.54, 1.807) is 35.2 Å². The largest absolute Gasteiger partial charge is 0.356 e. The van der Waals surface area contributed by atoms with Crippen LogP contribution in [0.2, 0.25) is 0 Å². The molecule has 1 amide bonds. The van der Waals surface area contributed by atoms with Gasteiger partial charge < -0.3 is 9.42 Å². The second-order valence-electron chi connectivity index (χ2n) is 6.89. The summed E-state index contributed by atoms with van der Waals surface area (Å²) in [5.74, 6) is -0.0246. The maximum Gasteiger partial charge on any atom is 0.240 e. The van der Waals surface area contributed by atoms with Crippen molar-refractivity contribution in [3.8, 4) is 0 Å². The fourth-order valence-corrected chi connectivity index (χ4v) is 4.78. The van der Waals surface area contributed by atoms with Crippen LogP contribution in [0, 0.1) is 0 Å². The Labute approximate surface area is 163 Å². The number of sulfonamides is 1. The highest BCUT2D eigenvalue weighted by atomic mass is 32.2. The Morgan fingerprint density at radius 2 is 1.75 bits per heavy atom. The third kappa shape index (κ3) is 3.93. The SMILES string of the molecule is O=C(Cc1noc2ccccc12)N1CCC(NS(=O)(=O)c2ccccc2)CC1. The van der Waals surface area contributed by atoms with Crippen molar-refractivity contribution in [2.24, 2.45) is 0 Å². The molecule has 1 aliphatic heterocycles. The summed E-state index contributed by atoms with van der Waals surface area (Å²) in [7, 11) is -3.54. The summed E-state index contributed by atoms with van der Waals surface area (Å²) in [5.41, 5.74) is 1.30. The predicted octanol–water partition coefficient (Wildman–Crippen LogP) is 2.34. The molecule has 2 aromatic carbocycles. The third-order valence-electron chi connectivity index (χ3n) is 4.99. The summed E-state index contributed by atoms with van der Waals surface area (Å²) in [4.78, 5) is 14.6. The second kappa shape index (κ2) is 7.73. The Hall–Kier alpha value is -2.71. The quantitative estimate of drug-likeness (QED) is 0.711. The standard InChI is InChI=1S/C20H21N3O4S/c24-20(14-18-17-8-4-5-9-19(17)27-21-18)23-12-10-15(11-13-23)22-28(25,26)16-6-2-1-3-7-16/h1-9,15,22H,10-14H2. The molecule has 1 aliphatic rings. The Balaban J connectivity index is 1.34. The minimum atomic E-state index is -3.54. The Bertz CT molecular complexity index is 1070. The first kappa shape index (κ1) is 18.6. The van der Waals surface area contributed by atoms with Gasteiger partial charge in [-0.1, -0.05) is 35.5 Å². The summed E-state index contributed by atoms with van der Waals surface area (Å²) in [6.07, 6.45) is 1.34. The molecular weight excluding hydrogens is 378 g/mol. The van der Waals surface area contributed by atoms with Crippen LogP contribution in [0.3, 0.4) is 0 Å². The molecule has 0 saturated carbocycles. The van der Waals surface area contributed by atoms with Gasteiger partial charge in [-0.15, -0.1) is 0 Å². The van der Waals surface area contributed by atoms with Gasteiger partial charge in [-0.25, -0.2) is 13.1 Å². The van der Waals surface area contributed by atoms with Gasteiger partial charge in [0.05, 0.1) is 11.3 Å². The smallest absolute Gasteiger partial charge is 0.240 e. The van der Waals surface area contributed by atoms with Crippen LogP contribution in [0.4, 0.5) is 0 Å². The van der Waals surface area contributed by atoms with Gasteiger partial charge in [0.15, 0.2) is 5.58 Å². The van der Waals surface area contributed by atoms with Crippen LogP contribution < -0.4 is 4.72 Å². The molecule has 1 saturated heterocycles. The first-order valence-corrected chi connectivity index (χ1v) is 10.7. The minimum absolute atomic E-state index is 0.0246. The summed E-state index contributed by atoms with van der Waals surface area (Å²) in [6.45, 7) is 1.02. The molecule has 0 unspecified atom stereocenters. The number of benzene rings is 2. The van der Waals surface area contributed by atoms with E-state index in [1.807, 2.05) is 24.3 Å². The Kier molecular flexibility index (Phi) is 5.15. The molecule has 28 heavy (non-hydrogen) atoms. The zero-order chi connectivity index (χ0) is 19.6. The van der Waals surface area contributed by atoms with E-state index in [2.05, 4.69) is 9.88 Å². The molecule has 1 aromatic heterocycles. The van der Waals surface area contributed by atoms with Crippen molar-refractivity contribution in [2.45, 2.75) is 30.2 Å². The summed E-state index contributed by atoms with van der Waals surface area (Å²) >= 11 is 0. The lowest BCUT2D eigenvalue weighted by molar-refractivity contribution is -0.131. The first-order valence-electron chi connectivity index (χ1n) is 9.21. The van der Waals surface area contributed by atoms with E-state index in [0.717, 1.165) is 5.39 Å². The summed E-state index contributed by atoms with van der Waals surface area (Å²) < 4.78 is 32.9. The van der Waals surface area contributed by atoms with E-state index in [-0.39, 0.29) is 23.3 Å². The van der Waals surface area contributed by atoms with Gasteiger partial charge in [0.1, 0.15) is 5.69 Å². The van der Waals surface area contributed by atoms with Crippen LogP contribution in [0.15, 0.2) is 64.0 Å². The zero-order valence-electron chi connectivity index (χ0n) is 15.2. The first-order chi connectivity index (χ1) is 13.5. The van der Waals surface area contributed by atoms with Crippen LogP contribution in [0.5, 0.6) is 0 Å². The number of carbonyl (C=O) groups excluding carboxylic acids is 1. The topological polar surface area (TPSA) is 92.5 Å². The number of fused-ring (bicyclic) bond motifs is 1. The van der Waals surface area contributed by atoms with Gasteiger partial charge in [0.25, 0.3) is 0 Å². The molecule has 0 spiro atoms. The normalized spacial score (nSPS) is 15.8. The number of amides is 1.